The molecule has 1 unspecified atom stereocenters. The number of aromatic nitrogens is 3. The van der Waals surface area contributed by atoms with Gasteiger partial charge in [-0.2, -0.15) is 4.98 Å². The molecule has 4 rings (SSSR count). The molecule has 2 N–H and O–H groups in total. The van der Waals surface area contributed by atoms with Crippen LogP contribution in [-0.4, -0.2) is 39.6 Å². The average molecular weight is 515 g/mol. The van der Waals surface area contributed by atoms with Gasteiger partial charge in [0, 0.05) is 16.5 Å². The van der Waals surface area contributed by atoms with E-state index in [1.165, 1.54) is 24.9 Å². The number of nitrogens with zero attached hydrogens (tertiary/aromatic N) is 3. The molecule has 1 aliphatic heterocycles. The van der Waals surface area contributed by atoms with Crippen LogP contribution in [0.3, 0.4) is 0 Å². The van der Waals surface area contributed by atoms with Crippen molar-refractivity contribution in [2.24, 2.45) is 0 Å². The number of nitrogens with one attached hydrogen (secondary N) is 1. The van der Waals surface area contributed by atoms with E-state index in [-0.39, 0.29) is 5.75 Å². The average Bonchev–Trinajstić information content (AvgIpc) is 3.25. The molecule has 1 atom stereocenters. The Hall–Kier alpha value is -3.17. The molecule has 0 saturated carbocycles. The first-order chi connectivity index (χ1) is 16.9. The van der Waals surface area contributed by atoms with E-state index in [2.05, 4.69) is 10.3 Å². The minimum absolute atomic E-state index is 0.00718. The number of phenols is 1. The molecule has 3 aromatic rings. The molecule has 184 valence electrons. The van der Waals surface area contributed by atoms with Gasteiger partial charge in [0.05, 0.1) is 19.3 Å². The number of esters is 1. The number of fused-ring (bicyclic) bond motifs is 1. The molecule has 0 bridgehead atoms. The normalized spacial score (nSPS) is 14.9. The van der Waals surface area contributed by atoms with E-state index in [4.69, 9.17) is 26.2 Å². The van der Waals surface area contributed by atoms with Gasteiger partial charge in [-0.3, -0.25) is 0 Å². The van der Waals surface area contributed by atoms with Crippen molar-refractivity contribution in [2.75, 3.05) is 19.0 Å². The van der Waals surface area contributed by atoms with Gasteiger partial charge in [0.2, 0.25) is 11.1 Å². The summed E-state index contributed by atoms with van der Waals surface area (Å²) in [5, 5.41) is 19.2. The van der Waals surface area contributed by atoms with Gasteiger partial charge in [0.15, 0.2) is 11.5 Å². The lowest BCUT2D eigenvalue weighted by Crippen LogP contribution is -2.29. The van der Waals surface area contributed by atoms with Gasteiger partial charge in [0.1, 0.15) is 6.04 Å². The Morgan fingerprint density at radius 2 is 2.09 bits per heavy atom. The molecular formula is C25H27ClN4O4S. The van der Waals surface area contributed by atoms with Crippen LogP contribution in [-0.2, 0) is 15.3 Å². The zero-order valence-corrected chi connectivity index (χ0v) is 21.3. The number of hydrogen-bond acceptors (Lipinski definition) is 8. The summed E-state index contributed by atoms with van der Waals surface area (Å²) >= 11 is 7.75. The standard InChI is InChI=1S/C25H27ClN4O4S/c1-4-5-12-34-23(32)21-15(2)27-24-28-25(35-14-17-8-6-7-9-18(17)26)29-30(24)22(21)16-10-11-19(31)20(13-16)33-3/h6-11,13,22,31H,4-5,12,14H2,1-3H3,(H,27,28,29). The van der Waals surface area contributed by atoms with Crippen molar-refractivity contribution in [2.45, 2.75) is 43.6 Å². The Balaban J connectivity index is 1.70. The fourth-order valence-corrected chi connectivity index (χ4v) is 4.89. The third-order valence-corrected chi connectivity index (χ3v) is 6.87. The van der Waals surface area contributed by atoms with Crippen molar-refractivity contribution in [1.82, 2.24) is 14.8 Å². The number of ether oxygens (including phenoxy) is 2. The Morgan fingerprint density at radius 3 is 2.83 bits per heavy atom. The highest BCUT2D eigenvalue weighted by atomic mass is 35.5. The minimum atomic E-state index is -0.614. The van der Waals surface area contributed by atoms with Gasteiger partial charge in [-0.1, -0.05) is 61.0 Å². The number of allylic oxidation sites excluding steroid dienone is 1. The number of methoxy groups -OCH3 is 1. The quantitative estimate of drug-likeness (QED) is 0.217. The molecule has 8 nitrogen and oxygen atoms in total. The maximum absolute atomic E-state index is 13.2. The van der Waals surface area contributed by atoms with E-state index in [1.54, 1.807) is 16.8 Å². The van der Waals surface area contributed by atoms with Gasteiger partial charge in [0.25, 0.3) is 0 Å². The second kappa shape index (κ2) is 11.0. The number of carbonyl (C=O) groups is 1. The Kier molecular flexibility index (Phi) is 7.87. The number of anilines is 1. The molecule has 0 saturated heterocycles. The van der Waals surface area contributed by atoms with Crippen molar-refractivity contribution in [3.8, 4) is 11.5 Å². The summed E-state index contributed by atoms with van der Waals surface area (Å²) in [6, 6.07) is 12.0. The summed E-state index contributed by atoms with van der Waals surface area (Å²) in [4.78, 5) is 17.8. The first-order valence-corrected chi connectivity index (χ1v) is 12.6. The zero-order chi connectivity index (χ0) is 24.9. The predicted octanol–water partition coefficient (Wildman–Crippen LogP) is 5.57. The number of carbonyl (C=O) groups excluding carboxylic acids is 1. The third kappa shape index (κ3) is 5.41. The van der Waals surface area contributed by atoms with E-state index in [9.17, 15) is 9.90 Å². The maximum Gasteiger partial charge on any atom is 0.338 e. The van der Waals surface area contributed by atoms with Crippen LogP contribution in [0.4, 0.5) is 5.95 Å². The molecule has 35 heavy (non-hydrogen) atoms. The number of unbranched alkanes of at least 4 members (excludes halogenated alkanes) is 1. The van der Waals surface area contributed by atoms with E-state index in [1.807, 2.05) is 38.1 Å². The first-order valence-electron chi connectivity index (χ1n) is 11.3. The second-order valence-electron chi connectivity index (χ2n) is 8.03. The van der Waals surface area contributed by atoms with E-state index >= 15 is 0 Å². The lowest BCUT2D eigenvalue weighted by molar-refractivity contribution is -0.139. The topological polar surface area (TPSA) is 98.5 Å². The van der Waals surface area contributed by atoms with Crippen molar-refractivity contribution < 1.29 is 19.4 Å². The largest absolute Gasteiger partial charge is 0.504 e. The lowest BCUT2D eigenvalue weighted by atomic mass is 9.95. The van der Waals surface area contributed by atoms with Crippen LogP contribution in [0.2, 0.25) is 5.02 Å². The summed E-state index contributed by atoms with van der Waals surface area (Å²) in [5.74, 6) is 0.984. The molecule has 10 heteroatoms. The summed E-state index contributed by atoms with van der Waals surface area (Å²) in [6.07, 6.45) is 1.70. The van der Waals surface area contributed by atoms with E-state index in [0.717, 1.165) is 18.4 Å². The highest BCUT2D eigenvalue weighted by molar-refractivity contribution is 7.98. The summed E-state index contributed by atoms with van der Waals surface area (Å²) in [6.45, 7) is 4.19. The first kappa shape index (κ1) is 24.9. The summed E-state index contributed by atoms with van der Waals surface area (Å²) in [7, 11) is 1.48. The second-order valence-corrected chi connectivity index (χ2v) is 9.38. The number of rotatable bonds is 9. The Labute approximate surface area is 213 Å². The fourth-order valence-electron chi connectivity index (χ4n) is 3.77. The van der Waals surface area contributed by atoms with Crippen LogP contribution in [0, 0.1) is 0 Å². The van der Waals surface area contributed by atoms with Crippen molar-refractivity contribution >= 4 is 35.3 Å². The van der Waals surface area contributed by atoms with Gasteiger partial charge in [-0.15, -0.1) is 5.10 Å². The van der Waals surface area contributed by atoms with Crippen LogP contribution in [0.25, 0.3) is 0 Å². The number of benzene rings is 2. The van der Waals surface area contributed by atoms with Crippen LogP contribution < -0.4 is 10.1 Å². The van der Waals surface area contributed by atoms with Crippen molar-refractivity contribution in [3.05, 3.63) is 69.9 Å². The van der Waals surface area contributed by atoms with Crippen LogP contribution in [0.15, 0.2) is 58.9 Å². The van der Waals surface area contributed by atoms with Crippen LogP contribution >= 0.6 is 23.4 Å². The molecule has 1 aromatic heterocycles. The van der Waals surface area contributed by atoms with Crippen molar-refractivity contribution in [3.63, 3.8) is 0 Å². The molecule has 0 fully saturated rings. The van der Waals surface area contributed by atoms with Gasteiger partial charge in [-0.25, -0.2) is 9.48 Å². The fraction of sp³-hybridized carbons (Fsp3) is 0.320. The van der Waals surface area contributed by atoms with Gasteiger partial charge >= 0.3 is 5.97 Å². The number of phenolic OH excluding ortho intramolecular Hbond substituents is 1. The van der Waals surface area contributed by atoms with Crippen LogP contribution in [0.5, 0.6) is 11.5 Å². The van der Waals surface area contributed by atoms with Gasteiger partial charge < -0.3 is 19.9 Å². The van der Waals surface area contributed by atoms with E-state index < -0.39 is 12.0 Å². The molecule has 1 aliphatic rings. The molecule has 2 aromatic carbocycles. The summed E-state index contributed by atoms with van der Waals surface area (Å²) < 4.78 is 12.5. The molecule has 0 aliphatic carbocycles. The lowest BCUT2D eigenvalue weighted by Gasteiger charge is -2.28. The molecule has 0 spiro atoms. The maximum atomic E-state index is 13.2. The van der Waals surface area contributed by atoms with Gasteiger partial charge in [-0.05, 0) is 42.7 Å². The molecular weight excluding hydrogens is 488 g/mol. The predicted molar refractivity (Wildman–Crippen MR) is 136 cm³/mol. The smallest absolute Gasteiger partial charge is 0.338 e. The minimum Gasteiger partial charge on any atom is -0.504 e. The number of thioether (sulfide) groups is 1. The number of aromatic hydroxyl groups is 1. The van der Waals surface area contributed by atoms with Crippen molar-refractivity contribution in [1.29, 1.82) is 0 Å². The third-order valence-electron chi connectivity index (χ3n) is 5.62. The Morgan fingerprint density at radius 1 is 1.29 bits per heavy atom. The monoisotopic (exact) mass is 514 g/mol. The van der Waals surface area contributed by atoms with Crippen LogP contribution in [0.1, 0.15) is 43.9 Å². The number of hydrogen-bond donors (Lipinski definition) is 2. The molecule has 0 amide bonds. The highest BCUT2D eigenvalue weighted by Gasteiger charge is 2.35. The highest BCUT2D eigenvalue weighted by Crippen LogP contribution is 2.39. The molecule has 0 radical (unpaired) electrons. The SMILES string of the molecule is CCCCOC(=O)C1=C(C)Nc2nc(SCc3ccccc3Cl)nn2C1c1ccc(O)c(OC)c1. The molecule has 2 heterocycles. The summed E-state index contributed by atoms with van der Waals surface area (Å²) in [5.41, 5.74) is 2.74. The zero-order valence-electron chi connectivity index (χ0n) is 19.7. The number of halogens is 1. The van der Waals surface area contributed by atoms with E-state index in [0.29, 0.717) is 51.1 Å². The Bertz CT molecular complexity index is 1260.